The molecule has 2 aromatic rings. The average Bonchev–Trinajstić information content (AvgIpc) is 2.66. The van der Waals surface area contributed by atoms with Gasteiger partial charge in [0.2, 0.25) is 0 Å². The topological polar surface area (TPSA) is 61.3 Å². The molecule has 1 aromatic carbocycles. The normalized spacial score (nSPS) is 12.0. The highest BCUT2D eigenvalue weighted by molar-refractivity contribution is 5.74. The Hall–Kier alpha value is -1.55. The molecule has 0 unspecified atom stereocenters. The summed E-state index contributed by atoms with van der Waals surface area (Å²) in [7, 11) is 1.64. The van der Waals surface area contributed by atoms with Crippen molar-refractivity contribution < 1.29 is 9.15 Å². The van der Waals surface area contributed by atoms with Crippen molar-refractivity contribution in [1.29, 1.82) is 0 Å². The first kappa shape index (κ1) is 11.9. The van der Waals surface area contributed by atoms with Crippen LogP contribution in [0.15, 0.2) is 22.6 Å². The van der Waals surface area contributed by atoms with Gasteiger partial charge in [-0.25, -0.2) is 4.98 Å². The van der Waals surface area contributed by atoms with Gasteiger partial charge in [-0.3, -0.25) is 0 Å². The number of nitrogens with two attached hydrogens (primary N) is 1. The zero-order chi connectivity index (χ0) is 12.5. The van der Waals surface area contributed by atoms with Crippen molar-refractivity contribution in [1.82, 2.24) is 4.98 Å². The number of hydrogen-bond acceptors (Lipinski definition) is 4. The first-order valence-corrected chi connectivity index (χ1v) is 5.70. The number of fused-ring (bicyclic) bond motifs is 1. The van der Waals surface area contributed by atoms with Crippen LogP contribution in [-0.4, -0.2) is 17.6 Å². The van der Waals surface area contributed by atoms with E-state index in [4.69, 9.17) is 14.9 Å². The fourth-order valence-electron chi connectivity index (χ4n) is 1.62. The Morgan fingerprint density at radius 3 is 2.82 bits per heavy atom. The monoisotopic (exact) mass is 234 g/mol. The molecule has 0 radical (unpaired) electrons. The van der Waals surface area contributed by atoms with Crippen LogP contribution in [0.25, 0.3) is 11.1 Å². The van der Waals surface area contributed by atoms with Gasteiger partial charge in [0.25, 0.3) is 0 Å². The summed E-state index contributed by atoms with van der Waals surface area (Å²) in [6.07, 6.45) is 1.59. The highest BCUT2D eigenvalue weighted by atomic mass is 16.5. The average molecular weight is 234 g/mol. The molecule has 0 atom stereocenters. The summed E-state index contributed by atoms with van der Waals surface area (Å²) in [5, 5.41) is 0. The summed E-state index contributed by atoms with van der Waals surface area (Å²) >= 11 is 0. The fourth-order valence-corrected chi connectivity index (χ4v) is 1.62. The largest absolute Gasteiger partial charge is 0.497 e. The molecule has 0 aliphatic rings. The first-order chi connectivity index (χ1) is 7.98. The minimum absolute atomic E-state index is 0.196. The molecule has 1 aromatic heterocycles. The van der Waals surface area contributed by atoms with E-state index in [2.05, 4.69) is 4.98 Å². The second-order valence-electron chi connectivity index (χ2n) is 4.93. The summed E-state index contributed by atoms with van der Waals surface area (Å²) in [4.78, 5) is 4.42. The molecule has 92 valence electrons. The lowest BCUT2D eigenvalue weighted by Gasteiger charge is -2.16. The molecule has 0 spiro atoms. The molecule has 0 aliphatic heterocycles. The molecule has 0 fully saturated rings. The Morgan fingerprint density at radius 2 is 2.18 bits per heavy atom. The Morgan fingerprint density at radius 1 is 1.41 bits per heavy atom. The van der Waals surface area contributed by atoms with E-state index in [1.807, 2.05) is 32.0 Å². The molecule has 0 saturated carbocycles. The molecule has 17 heavy (non-hydrogen) atoms. The van der Waals surface area contributed by atoms with E-state index >= 15 is 0 Å². The Bertz CT molecular complexity index is 512. The predicted octanol–water partition coefficient (Wildman–Crippen LogP) is 2.51. The van der Waals surface area contributed by atoms with E-state index in [1.165, 1.54) is 0 Å². The molecule has 2 N–H and O–H groups in total. The van der Waals surface area contributed by atoms with Gasteiger partial charge in [-0.05, 0) is 32.4 Å². The molecule has 4 nitrogen and oxygen atoms in total. The van der Waals surface area contributed by atoms with Gasteiger partial charge in [-0.1, -0.05) is 0 Å². The molecule has 0 amide bonds. The first-order valence-electron chi connectivity index (χ1n) is 5.70. The zero-order valence-corrected chi connectivity index (χ0v) is 10.5. The number of benzene rings is 1. The maximum atomic E-state index is 5.93. The summed E-state index contributed by atoms with van der Waals surface area (Å²) in [5.74, 6) is 1.52. The van der Waals surface area contributed by atoms with Crippen LogP contribution >= 0.6 is 0 Å². The fraction of sp³-hybridized carbons (Fsp3) is 0.462. The van der Waals surface area contributed by atoms with Crippen molar-refractivity contribution in [2.24, 2.45) is 5.73 Å². The smallest absolute Gasteiger partial charge is 0.195 e. The number of nitrogens with zero attached hydrogens (tertiary/aromatic N) is 1. The highest BCUT2D eigenvalue weighted by Crippen LogP contribution is 2.22. The van der Waals surface area contributed by atoms with Crippen molar-refractivity contribution in [3.63, 3.8) is 0 Å². The molecule has 0 bridgehead atoms. The van der Waals surface area contributed by atoms with Crippen LogP contribution in [0.2, 0.25) is 0 Å². The third kappa shape index (κ3) is 2.97. The van der Waals surface area contributed by atoms with Crippen LogP contribution in [0, 0.1) is 0 Å². The molecule has 1 heterocycles. The lowest BCUT2D eigenvalue weighted by atomic mass is 10.0. The summed E-state index contributed by atoms with van der Waals surface area (Å²) in [6.45, 7) is 4.00. The van der Waals surface area contributed by atoms with Crippen LogP contribution in [0.1, 0.15) is 26.2 Å². The van der Waals surface area contributed by atoms with Crippen LogP contribution in [0.5, 0.6) is 5.75 Å². The summed E-state index contributed by atoms with van der Waals surface area (Å²) < 4.78 is 10.8. The van der Waals surface area contributed by atoms with E-state index in [-0.39, 0.29) is 5.54 Å². The molecular formula is C13H18N2O2. The summed E-state index contributed by atoms with van der Waals surface area (Å²) in [5.41, 5.74) is 7.35. The second-order valence-corrected chi connectivity index (χ2v) is 4.93. The van der Waals surface area contributed by atoms with Gasteiger partial charge in [0.05, 0.1) is 7.11 Å². The number of ether oxygens (including phenoxy) is 1. The highest BCUT2D eigenvalue weighted by Gasteiger charge is 2.13. The van der Waals surface area contributed by atoms with Crippen molar-refractivity contribution in [2.45, 2.75) is 32.2 Å². The number of methoxy groups -OCH3 is 1. The van der Waals surface area contributed by atoms with Crippen molar-refractivity contribution in [3.05, 3.63) is 24.1 Å². The second kappa shape index (κ2) is 4.37. The predicted molar refractivity (Wildman–Crippen MR) is 67.1 cm³/mol. The number of oxazole rings is 1. The summed E-state index contributed by atoms with van der Waals surface area (Å²) in [6, 6.07) is 5.61. The Balaban J connectivity index is 2.20. The van der Waals surface area contributed by atoms with Crippen molar-refractivity contribution >= 4 is 11.1 Å². The van der Waals surface area contributed by atoms with Gasteiger partial charge in [0.1, 0.15) is 11.3 Å². The third-order valence-electron chi connectivity index (χ3n) is 2.62. The van der Waals surface area contributed by atoms with Gasteiger partial charge in [-0.15, -0.1) is 0 Å². The van der Waals surface area contributed by atoms with E-state index in [9.17, 15) is 0 Å². The van der Waals surface area contributed by atoms with E-state index in [0.29, 0.717) is 0 Å². The molecule has 0 aliphatic carbocycles. The van der Waals surface area contributed by atoms with Gasteiger partial charge in [0.15, 0.2) is 11.5 Å². The Kier molecular flexibility index (Phi) is 3.07. The quantitative estimate of drug-likeness (QED) is 0.883. The number of rotatable bonds is 4. The Labute approximate surface area is 101 Å². The van der Waals surface area contributed by atoms with Crippen LogP contribution in [-0.2, 0) is 6.42 Å². The van der Waals surface area contributed by atoms with E-state index < -0.39 is 0 Å². The van der Waals surface area contributed by atoms with Crippen molar-refractivity contribution in [2.75, 3.05) is 7.11 Å². The number of hydrogen-bond donors (Lipinski definition) is 1. The lowest BCUT2D eigenvalue weighted by Crippen LogP contribution is -2.32. The van der Waals surface area contributed by atoms with Gasteiger partial charge < -0.3 is 14.9 Å². The van der Waals surface area contributed by atoms with E-state index in [1.54, 1.807) is 7.11 Å². The maximum absolute atomic E-state index is 5.93. The number of aromatic nitrogens is 1. The zero-order valence-electron chi connectivity index (χ0n) is 10.5. The van der Waals surface area contributed by atoms with Crippen LogP contribution < -0.4 is 10.5 Å². The molecule has 4 heteroatoms. The maximum Gasteiger partial charge on any atom is 0.195 e. The minimum Gasteiger partial charge on any atom is -0.497 e. The molecule has 2 rings (SSSR count). The minimum atomic E-state index is -0.196. The third-order valence-corrected chi connectivity index (χ3v) is 2.62. The molecular weight excluding hydrogens is 216 g/mol. The van der Waals surface area contributed by atoms with Gasteiger partial charge in [-0.2, -0.15) is 0 Å². The van der Waals surface area contributed by atoms with Crippen LogP contribution in [0.3, 0.4) is 0 Å². The van der Waals surface area contributed by atoms with Gasteiger partial charge >= 0.3 is 0 Å². The lowest BCUT2D eigenvalue weighted by molar-refractivity contribution is 0.415. The van der Waals surface area contributed by atoms with E-state index in [0.717, 1.165) is 35.6 Å². The standard InChI is InChI=1S/C13H18N2O2/c1-13(2,14)7-6-12-15-10-8-9(16-3)4-5-11(10)17-12/h4-5,8H,6-7,14H2,1-3H3. The van der Waals surface area contributed by atoms with Crippen LogP contribution in [0.4, 0.5) is 0 Å². The van der Waals surface area contributed by atoms with Crippen molar-refractivity contribution in [3.8, 4) is 5.75 Å². The number of aryl methyl sites for hydroxylation is 1. The van der Waals surface area contributed by atoms with Gasteiger partial charge in [0, 0.05) is 18.0 Å². The SMILES string of the molecule is COc1ccc2oc(CCC(C)(C)N)nc2c1. The molecule has 0 saturated heterocycles.